The highest BCUT2D eigenvalue weighted by Crippen LogP contribution is 2.39. The van der Waals surface area contributed by atoms with E-state index in [0.717, 1.165) is 104 Å². The van der Waals surface area contributed by atoms with Gasteiger partial charge in [0.1, 0.15) is 17.5 Å². The normalized spacial score (nSPS) is 20.7. The van der Waals surface area contributed by atoms with Crippen molar-refractivity contribution in [1.82, 2.24) is 34.8 Å². The summed E-state index contributed by atoms with van der Waals surface area (Å²) >= 11 is 0. The number of imide groups is 1. The number of hydrogen-bond acceptors (Lipinski definition) is 9. The number of carbonyl (C=O) groups excluding carboxylic acids is 4. The van der Waals surface area contributed by atoms with Crippen LogP contribution in [0.15, 0.2) is 41.3 Å². The Hall–Kier alpha value is -5.21. The van der Waals surface area contributed by atoms with Gasteiger partial charge >= 0.3 is 6.03 Å². The van der Waals surface area contributed by atoms with Gasteiger partial charge in [0.25, 0.3) is 11.5 Å². The topological polar surface area (TPSA) is 146 Å². The van der Waals surface area contributed by atoms with E-state index in [1.807, 2.05) is 6.20 Å². The van der Waals surface area contributed by atoms with Gasteiger partial charge in [-0.25, -0.2) is 4.79 Å². The zero-order chi connectivity index (χ0) is 41.4. The summed E-state index contributed by atoms with van der Waals surface area (Å²) in [5.74, 6) is 1.86. The van der Waals surface area contributed by atoms with E-state index >= 15 is 0 Å². The van der Waals surface area contributed by atoms with Crippen LogP contribution in [0.5, 0.6) is 11.5 Å². The van der Waals surface area contributed by atoms with Gasteiger partial charge in [-0.2, -0.15) is 0 Å². The molecule has 1 atom stereocenters. The highest BCUT2D eigenvalue weighted by molar-refractivity contribution is 6.05. The number of nitrogens with zero attached hydrogens (tertiary/aromatic N) is 5. The number of piperidine rings is 3. The van der Waals surface area contributed by atoms with E-state index in [2.05, 4.69) is 50.8 Å². The SMILES string of the molecule is CNC(=O)N1CCc2c(-c3cc(OC)c(CN4CCC(CCN5CCC(c6ccc7c(c6)C(=O)N(C6CCC(=O)NC6=O)C7)CC5)CC4)c(OC)c3)cn(C)c(=O)c2C1. The lowest BCUT2D eigenvalue weighted by molar-refractivity contribution is -0.136. The first-order valence-corrected chi connectivity index (χ1v) is 21.2. The predicted molar refractivity (Wildman–Crippen MR) is 222 cm³/mol. The summed E-state index contributed by atoms with van der Waals surface area (Å²) in [7, 11) is 6.75. The second kappa shape index (κ2) is 17.2. The molecule has 0 radical (unpaired) electrons. The van der Waals surface area contributed by atoms with Crippen molar-refractivity contribution in [2.75, 3.05) is 60.5 Å². The van der Waals surface area contributed by atoms with Crippen LogP contribution < -0.4 is 25.7 Å². The molecule has 1 unspecified atom stereocenters. The van der Waals surface area contributed by atoms with Crippen LogP contribution in [0.2, 0.25) is 0 Å². The van der Waals surface area contributed by atoms with E-state index in [0.29, 0.717) is 48.9 Å². The maximum Gasteiger partial charge on any atom is 0.317 e. The van der Waals surface area contributed by atoms with Crippen LogP contribution >= 0.6 is 0 Å². The Bertz CT molecular complexity index is 2160. The Morgan fingerprint density at radius 1 is 0.831 bits per heavy atom. The zero-order valence-electron chi connectivity index (χ0n) is 34.8. The first kappa shape index (κ1) is 40.6. The van der Waals surface area contributed by atoms with Gasteiger partial charge in [0.2, 0.25) is 11.8 Å². The predicted octanol–water partition coefficient (Wildman–Crippen LogP) is 4.01. The van der Waals surface area contributed by atoms with E-state index < -0.39 is 6.04 Å². The van der Waals surface area contributed by atoms with Gasteiger partial charge < -0.3 is 34.1 Å². The van der Waals surface area contributed by atoms with Gasteiger partial charge in [0, 0.05) is 63.0 Å². The molecule has 14 nitrogen and oxygen atoms in total. The molecule has 5 amide bonds. The molecular weight excluding hydrogens is 751 g/mol. The molecule has 3 aromatic rings. The summed E-state index contributed by atoms with van der Waals surface area (Å²) in [5.41, 5.74) is 7.28. The second-order valence-corrected chi connectivity index (χ2v) is 16.9. The highest BCUT2D eigenvalue weighted by atomic mass is 16.5. The van der Waals surface area contributed by atoms with Crippen molar-refractivity contribution < 1.29 is 28.7 Å². The van der Waals surface area contributed by atoms with Gasteiger partial charge in [-0.3, -0.25) is 29.4 Å². The fourth-order valence-electron chi connectivity index (χ4n) is 10.0. The van der Waals surface area contributed by atoms with Gasteiger partial charge in [-0.05, 0) is 130 Å². The number of ether oxygens (including phenoxy) is 2. The van der Waals surface area contributed by atoms with Gasteiger partial charge in [-0.15, -0.1) is 0 Å². The fourth-order valence-corrected chi connectivity index (χ4v) is 10.0. The number of likely N-dealkylation sites (tertiary alicyclic amines) is 2. The van der Waals surface area contributed by atoms with Crippen molar-refractivity contribution in [3.63, 3.8) is 0 Å². The third kappa shape index (κ3) is 8.21. The number of urea groups is 1. The molecule has 8 rings (SSSR count). The number of amides is 5. The number of carbonyl (C=O) groups is 4. The molecule has 0 bridgehead atoms. The van der Waals surface area contributed by atoms with Crippen molar-refractivity contribution in [1.29, 1.82) is 0 Å². The van der Waals surface area contributed by atoms with E-state index in [-0.39, 0.29) is 42.3 Å². The zero-order valence-corrected chi connectivity index (χ0v) is 34.8. The molecule has 5 aliphatic rings. The number of hydrogen-bond donors (Lipinski definition) is 2. The number of fused-ring (bicyclic) bond motifs is 2. The van der Waals surface area contributed by atoms with Crippen LogP contribution in [0.25, 0.3) is 11.1 Å². The molecule has 0 spiro atoms. The summed E-state index contributed by atoms with van der Waals surface area (Å²) in [6.45, 7) is 7.15. The Morgan fingerprint density at radius 2 is 1.54 bits per heavy atom. The first-order valence-electron chi connectivity index (χ1n) is 21.2. The summed E-state index contributed by atoms with van der Waals surface area (Å²) in [5, 5.41) is 5.06. The number of pyridine rings is 1. The number of rotatable bonds is 10. The van der Waals surface area contributed by atoms with E-state index in [1.165, 1.54) is 12.0 Å². The fraction of sp³-hybridized carbons (Fsp3) is 0.533. The quantitative estimate of drug-likeness (QED) is 0.291. The Balaban J connectivity index is 0.832. The van der Waals surface area contributed by atoms with Gasteiger partial charge in [0.05, 0.1) is 26.3 Å². The molecule has 314 valence electrons. The Labute approximate surface area is 345 Å². The highest BCUT2D eigenvalue weighted by Gasteiger charge is 2.39. The average Bonchev–Trinajstić information content (AvgIpc) is 3.59. The minimum Gasteiger partial charge on any atom is -0.496 e. The van der Waals surface area contributed by atoms with Crippen LogP contribution in [0.3, 0.4) is 0 Å². The minimum absolute atomic E-state index is 0.0878. The number of aryl methyl sites for hydroxylation is 1. The smallest absolute Gasteiger partial charge is 0.317 e. The van der Waals surface area contributed by atoms with Crippen molar-refractivity contribution in [3.8, 4) is 22.6 Å². The standard InChI is InChI=1S/C45H57N7O7/c1-46-45(57)51-20-14-33-35(25-48(2)43(55)36(33)27-51)32-22-39(58-3)37(40(23-32)59-4)26-50-16-10-28(11-17-50)9-15-49-18-12-29(13-19-49)30-5-6-31-24-52(44(56)34(31)21-30)38-7-8-41(53)47-42(38)54/h5-6,21-23,25,28-29,38H,7-20,24,26-27H2,1-4H3,(H,46,57)(H,47,53,54). The Kier molecular flexibility index (Phi) is 11.8. The molecule has 3 fully saturated rings. The molecule has 3 saturated heterocycles. The molecule has 0 aliphatic carbocycles. The van der Waals surface area contributed by atoms with Crippen molar-refractivity contribution in [2.45, 2.75) is 83.0 Å². The summed E-state index contributed by atoms with van der Waals surface area (Å²) in [4.78, 5) is 71.5. The molecule has 6 heterocycles. The van der Waals surface area contributed by atoms with E-state index in [9.17, 15) is 24.0 Å². The third-order valence-corrected chi connectivity index (χ3v) is 13.5. The van der Waals surface area contributed by atoms with Crippen molar-refractivity contribution in [2.24, 2.45) is 13.0 Å². The van der Waals surface area contributed by atoms with E-state index in [4.69, 9.17) is 9.47 Å². The molecule has 14 heteroatoms. The first-order chi connectivity index (χ1) is 28.5. The minimum atomic E-state index is -0.588. The lowest BCUT2D eigenvalue weighted by atomic mass is 9.87. The maximum absolute atomic E-state index is 13.4. The monoisotopic (exact) mass is 807 g/mol. The molecule has 0 saturated carbocycles. The summed E-state index contributed by atoms with van der Waals surface area (Å²) < 4.78 is 13.6. The van der Waals surface area contributed by atoms with E-state index in [1.54, 1.807) is 42.7 Å². The lowest BCUT2D eigenvalue weighted by Gasteiger charge is -2.36. The Morgan fingerprint density at radius 3 is 2.22 bits per heavy atom. The molecule has 2 N–H and O–H groups in total. The largest absolute Gasteiger partial charge is 0.496 e. The third-order valence-electron chi connectivity index (χ3n) is 13.5. The van der Waals surface area contributed by atoms with Crippen LogP contribution in [0.4, 0.5) is 4.79 Å². The maximum atomic E-state index is 13.4. The number of methoxy groups -OCH3 is 2. The van der Waals surface area contributed by atoms with Crippen LogP contribution in [0.1, 0.15) is 89.0 Å². The van der Waals surface area contributed by atoms with Crippen molar-refractivity contribution in [3.05, 3.63) is 80.3 Å². The number of nitrogens with one attached hydrogen (secondary N) is 2. The number of aromatic nitrogens is 1. The van der Waals surface area contributed by atoms with Crippen molar-refractivity contribution >= 4 is 23.8 Å². The molecule has 2 aromatic carbocycles. The molecule has 59 heavy (non-hydrogen) atoms. The van der Waals surface area contributed by atoms with Crippen LogP contribution in [0, 0.1) is 5.92 Å². The van der Waals surface area contributed by atoms with Crippen LogP contribution in [-0.2, 0) is 42.7 Å². The lowest BCUT2D eigenvalue weighted by Crippen LogP contribution is -2.52. The number of benzene rings is 2. The average molecular weight is 808 g/mol. The summed E-state index contributed by atoms with van der Waals surface area (Å²) in [6.07, 6.45) is 8.71. The molecule has 5 aliphatic heterocycles. The second-order valence-electron chi connectivity index (χ2n) is 16.9. The van der Waals surface area contributed by atoms with Gasteiger partial charge in [-0.1, -0.05) is 12.1 Å². The molecular formula is C45H57N7O7. The van der Waals surface area contributed by atoms with Gasteiger partial charge in [0.15, 0.2) is 0 Å². The molecule has 1 aromatic heterocycles. The summed E-state index contributed by atoms with van der Waals surface area (Å²) in [6, 6.07) is 9.62. The van der Waals surface area contributed by atoms with Crippen LogP contribution in [-0.4, -0.2) is 114 Å².